The third-order valence-electron chi connectivity index (χ3n) is 3.37. The van der Waals surface area contributed by atoms with Crippen LogP contribution in [-0.2, 0) is 11.2 Å². The number of nitrogens with one attached hydrogen (secondary N) is 1. The van der Waals surface area contributed by atoms with Gasteiger partial charge in [-0.3, -0.25) is 0 Å². The van der Waals surface area contributed by atoms with Crippen molar-refractivity contribution < 1.29 is 9.84 Å². The lowest BCUT2D eigenvalue weighted by atomic mass is 10.1. The Bertz CT molecular complexity index is 365. The predicted octanol–water partition coefficient (Wildman–Crippen LogP) is 2.40. The number of benzene rings is 1. The van der Waals surface area contributed by atoms with Crippen molar-refractivity contribution in [3.8, 4) is 5.75 Å². The molecule has 1 aromatic carbocycles. The molecule has 2 N–H and O–H groups in total. The number of hydrogen-bond acceptors (Lipinski definition) is 3. The summed E-state index contributed by atoms with van der Waals surface area (Å²) in [5, 5.41) is 13.0. The van der Waals surface area contributed by atoms with Gasteiger partial charge in [-0.2, -0.15) is 0 Å². The van der Waals surface area contributed by atoms with E-state index in [1.54, 1.807) is 13.2 Å². The van der Waals surface area contributed by atoms with Gasteiger partial charge < -0.3 is 15.2 Å². The first-order chi connectivity index (χ1) is 8.31. The maximum absolute atomic E-state index is 9.42. The molecule has 1 aliphatic rings. The highest BCUT2D eigenvalue weighted by molar-refractivity contribution is 5.39. The van der Waals surface area contributed by atoms with Crippen molar-refractivity contribution in [3.05, 3.63) is 29.3 Å². The van der Waals surface area contributed by atoms with Gasteiger partial charge in [0.1, 0.15) is 5.75 Å². The van der Waals surface area contributed by atoms with Crippen LogP contribution in [0.1, 0.15) is 36.4 Å². The van der Waals surface area contributed by atoms with Crippen LogP contribution < -0.4 is 5.32 Å². The third-order valence-corrected chi connectivity index (χ3v) is 3.37. The van der Waals surface area contributed by atoms with Gasteiger partial charge in [0.05, 0.1) is 0 Å². The summed E-state index contributed by atoms with van der Waals surface area (Å²) in [6.45, 7) is 1.88. The summed E-state index contributed by atoms with van der Waals surface area (Å²) in [6.07, 6.45) is 4.47. The fourth-order valence-corrected chi connectivity index (χ4v) is 2.46. The Morgan fingerprint density at radius 2 is 2.29 bits per heavy atom. The summed E-state index contributed by atoms with van der Waals surface area (Å²) in [5.74, 6) is 0.379. The lowest BCUT2D eigenvalue weighted by Crippen LogP contribution is -2.20. The van der Waals surface area contributed by atoms with Gasteiger partial charge in [0.15, 0.2) is 0 Å². The molecule has 2 rings (SSSR count). The zero-order chi connectivity index (χ0) is 12.1. The Kier molecular flexibility index (Phi) is 4.40. The fraction of sp³-hybridized carbons (Fsp3) is 0.571. The first-order valence-electron chi connectivity index (χ1n) is 6.35. The van der Waals surface area contributed by atoms with Crippen molar-refractivity contribution in [3.63, 3.8) is 0 Å². The molecule has 0 aliphatic heterocycles. The van der Waals surface area contributed by atoms with E-state index in [0.29, 0.717) is 11.8 Å². The average molecular weight is 235 g/mol. The standard InChI is InChI=1S/C14H21NO2/c1-17-9-3-2-8-15-14-7-4-11-10-12(16)5-6-13(11)14/h5-6,10,14-16H,2-4,7-9H2,1H3. The minimum Gasteiger partial charge on any atom is -0.508 e. The quantitative estimate of drug-likeness (QED) is 0.744. The van der Waals surface area contributed by atoms with Crippen LogP contribution in [0, 0.1) is 0 Å². The van der Waals surface area contributed by atoms with E-state index in [0.717, 1.165) is 38.8 Å². The molecule has 1 unspecified atom stereocenters. The van der Waals surface area contributed by atoms with E-state index >= 15 is 0 Å². The molecular formula is C14H21NO2. The minimum atomic E-state index is 0.379. The SMILES string of the molecule is COCCCCNC1CCc2cc(O)ccc21. The second kappa shape index (κ2) is 6.03. The second-order valence-electron chi connectivity index (χ2n) is 4.63. The van der Waals surface area contributed by atoms with Crippen molar-refractivity contribution >= 4 is 0 Å². The van der Waals surface area contributed by atoms with Crippen molar-refractivity contribution in [2.24, 2.45) is 0 Å². The molecular weight excluding hydrogens is 214 g/mol. The van der Waals surface area contributed by atoms with Crippen LogP contribution in [0.2, 0.25) is 0 Å². The summed E-state index contributed by atoms with van der Waals surface area (Å²) in [7, 11) is 1.74. The van der Waals surface area contributed by atoms with Crippen LogP contribution in [0.3, 0.4) is 0 Å². The number of ether oxygens (including phenoxy) is 1. The smallest absolute Gasteiger partial charge is 0.115 e. The first-order valence-corrected chi connectivity index (χ1v) is 6.35. The number of phenolic OH excluding ortho intramolecular Hbond substituents is 1. The fourth-order valence-electron chi connectivity index (χ4n) is 2.46. The highest BCUT2D eigenvalue weighted by Crippen LogP contribution is 2.33. The number of fused-ring (bicyclic) bond motifs is 1. The summed E-state index contributed by atoms with van der Waals surface area (Å²) < 4.78 is 5.03. The van der Waals surface area contributed by atoms with Gasteiger partial charge in [0.25, 0.3) is 0 Å². The molecule has 0 amide bonds. The number of aromatic hydroxyl groups is 1. The van der Waals surface area contributed by atoms with Crippen molar-refractivity contribution in [1.29, 1.82) is 0 Å². The summed E-state index contributed by atoms with van der Waals surface area (Å²) >= 11 is 0. The average Bonchev–Trinajstić information content (AvgIpc) is 2.71. The van der Waals surface area contributed by atoms with Gasteiger partial charge >= 0.3 is 0 Å². The van der Waals surface area contributed by atoms with Gasteiger partial charge in [0, 0.05) is 19.8 Å². The Hall–Kier alpha value is -1.06. The first kappa shape index (κ1) is 12.4. The van der Waals surface area contributed by atoms with Crippen LogP contribution >= 0.6 is 0 Å². The van der Waals surface area contributed by atoms with Gasteiger partial charge in [0.2, 0.25) is 0 Å². The van der Waals surface area contributed by atoms with Gasteiger partial charge in [-0.05, 0) is 55.5 Å². The van der Waals surface area contributed by atoms with Crippen LogP contribution in [0.4, 0.5) is 0 Å². The lowest BCUT2D eigenvalue weighted by molar-refractivity contribution is 0.192. The number of aryl methyl sites for hydroxylation is 1. The monoisotopic (exact) mass is 235 g/mol. The van der Waals surface area contributed by atoms with E-state index < -0.39 is 0 Å². The molecule has 0 heterocycles. The Morgan fingerprint density at radius 1 is 1.41 bits per heavy atom. The van der Waals surface area contributed by atoms with Crippen molar-refractivity contribution in [1.82, 2.24) is 5.32 Å². The van der Waals surface area contributed by atoms with Crippen LogP contribution in [-0.4, -0.2) is 25.4 Å². The molecule has 0 spiro atoms. The van der Waals surface area contributed by atoms with Gasteiger partial charge in [-0.15, -0.1) is 0 Å². The second-order valence-corrected chi connectivity index (χ2v) is 4.63. The predicted molar refractivity (Wildman–Crippen MR) is 68.3 cm³/mol. The molecule has 0 saturated heterocycles. The molecule has 3 heteroatoms. The molecule has 1 aliphatic carbocycles. The number of methoxy groups -OCH3 is 1. The number of phenols is 1. The van der Waals surface area contributed by atoms with E-state index in [-0.39, 0.29) is 0 Å². The maximum atomic E-state index is 9.42. The van der Waals surface area contributed by atoms with Gasteiger partial charge in [-0.1, -0.05) is 6.07 Å². The van der Waals surface area contributed by atoms with Crippen LogP contribution in [0.5, 0.6) is 5.75 Å². The number of hydrogen-bond donors (Lipinski definition) is 2. The largest absolute Gasteiger partial charge is 0.508 e. The molecule has 0 fully saturated rings. The third kappa shape index (κ3) is 3.20. The zero-order valence-electron chi connectivity index (χ0n) is 10.4. The van der Waals surface area contributed by atoms with Crippen LogP contribution in [0.15, 0.2) is 18.2 Å². The Morgan fingerprint density at radius 3 is 3.12 bits per heavy atom. The van der Waals surface area contributed by atoms with Crippen molar-refractivity contribution in [2.45, 2.75) is 31.7 Å². The summed E-state index contributed by atoms with van der Waals surface area (Å²) in [6, 6.07) is 6.18. The van der Waals surface area contributed by atoms with E-state index in [4.69, 9.17) is 4.74 Å². The van der Waals surface area contributed by atoms with E-state index in [1.807, 2.05) is 12.1 Å². The normalized spacial score (nSPS) is 18.3. The molecule has 94 valence electrons. The van der Waals surface area contributed by atoms with Crippen LogP contribution in [0.25, 0.3) is 0 Å². The topological polar surface area (TPSA) is 41.5 Å². The van der Waals surface area contributed by atoms with E-state index in [1.165, 1.54) is 11.1 Å². The minimum absolute atomic E-state index is 0.379. The zero-order valence-corrected chi connectivity index (χ0v) is 10.4. The molecule has 1 atom stereocenters. The van der Waals surface area contributed by atoms with E-state index in [9.17, 15) is 5.11 Å². The molecule has 0 radical (unpaired) electrons. The van der Waals surface area contributed by atoms with Gasteiger partial charge in [-0.25, -0.2) is 0 Å². The number of rotatable bonds is 6. The molecule has 1 aromatic rings. The van der Waals surface area contributed by atoms with Crippen molar-refractivity contribution in [2.75, 3.05) is 20.3 Å². The maximum Gasteiger partial charge on any atom is 0.115 e. The molecule has 0 saturated carbocycles. The Labute approximate surface area is 103 Å². The molecule has 17 heavy (non-hydrogen) atoms. The lowest BCUT2D eigenvalue weighted by Gasteiger charge is -2.13. The summed E-state index contributed by atoms with van der Waals surface area (Å²) in [4.78, 5) is 0. The highest BCUT2D eigenvalue weighted by atomic mass is 16.5. The Balaban J connectivity index is 1.81. The summed E-state index contributed by atoms with van der Waals surface area (Å²) in [5.41, 5.74) is 2.65. The molecule has 3 nitrogen and oxygen atoms in total. The molecule has 0 aromatic heterocycles. The number of unbranched alkanes of at least 4 members (excludes halogenated alkanes) is 1. The van der Waals surface area contributed by atoms with E-state index in [2.05, 4.69) is 5.32 Å². The molecule has 0 bridgehead atoms. The highest BCUT2D eigenvalue weighted by Gasteiger charge is 2.21.